The van der Waals surface area contributed by atoms with Crippen LogP contribution in [0.5, 0.6) is 0 Å². The Labute approximate surface area is 96.9 Å². The van der Waals surface area contributed by atoms with Crippen molar-refractivity contribution in [2.24, 2.45) is 0 Å². The highest BCUT2D eigenvalue weighted by atomic mass is 16.5. The summed E-state index contributed by atoms with van der Waals surface area (Å²) in [5.41, 5.74) is 1.04. The Hall–Kier alpha value is -1.57. The molecule has 0 spiro atoms. The predicted octanol–water partition coefficient (Wildman–Crippen LogP) is 3.65. The fraction of sp³-hybridized carbons (Fsp3) is 0.357. The Balaban J connectivity index is 2.63. The number of allylic oxidation sites excluding steroid dienone is 1. The van der Waals surface area contributed by atoms with E-state index in [1.807, 2.05) is 44.2 Å². The molecule has 1 unspecified atom stereocenters. The van der Waals surface area contributed by atoms with Crippen LogP contribution in [0.4, 0.5) is 0 Å². The summed E-state index contributed by atoms with van der Waals surface area (Å²) in [7, 11) is 0. The molecule has 2 heteroatoms. The van der Waals surface area contributed by atoms with Gasteiger partial charge >= 0.3 is 5.97 Å². The molecule has 0 heterocycles. The number of hydrogen-bond donors (Lipinski definition) is 0. The van der Waals surface area contributed by atoms with Gasteiger partial charge < -0.3 is 4.74 Å². The van der Waals surface area contributed by atoms with E-state index in [1.54, 1.807) is 6.08 Å². The summed E-state index contributed by atoms with van der Waals surface area (Å²) in [6.45, 7) is 3.99. The average Bonchev–Trinajstić information content (AvgIpc) is 2.34. The summed E-state index contributed by atoms with van der Waals surface area (Å²) in [6.07, 6.45) is 4.79. The minimum Gasteiger partial charge on any atom is -0.454 e. The lowest BCUT2D eigenvalue weighted by molar-refractivity contribution is -0.143. The van der Waals surface area contributed by atoms with E-state index in [0.717, 1.165) is 18.4 Å². The Morgan fingerprint density at radius 1 is 1.31 bits per heavy atom. The monoisotopic (exact) mass is 218 g/mol. The van der Waals surface area contributed by atoms with E-state index in [-0.39, 0.29) is 12.1 Å². The second-order valence-corrected chi connectivity index (χ2v) is 3.56. The summed E-state index contributed by atoms with van der Waals surface area (Å²) in [5.74, 6) is -0.266. The first-order chi connectivity index (χ1) is 7.77. The topological polar surface area (TPSA) is 26.3 Å². The number of esters is 1. The summed E-state index contributed by atoms with van der Waals surface area (Å²) < 4.78 is 5.36. The number of carbonyl (C=O) groups is 1. The third-order valence-corrected chi connectivity index (χ3v) is 2.29. The standard InChI is InChI=1S/C14H18O2/c1-3-5-11-14(15)16-13(4-2)12-9-7-6-8-10-12/h5-11,13H,3-4H2,1-2H3/b11-5+. The molecular weight excluding hydrogens is 200 g/mol. The molecule has 1 atom stereocenters. The summed E-state index contributed by atoms with van der Waals surface area (Å²) in [4.78, 5) is 11.4. The number of carbonyl (C=O) groups excluding carboxylic acids is 1. The van der Waals surface area contributed by atoms with Crippen molar-refractivity contribution in [3.8, 4) is 0 Å². The molecule has 1 aromatic rings. The Kier molecular flexibility index (Phi) is 5.34. The van der Waals surface area contributed by atoms with Crippen LogP contribution >= 0.6 is 0 Å². The number of benzene rings is 1. The van der Waals surface area contributed by atoms with Gasteiger partial charge in [-0.1, -0.05) is 50.3 Å². The van der Waals surface area contributed by atoms with Crippen LogP contribution in [-0.4, -0.2) is 5.97 Å². The molecule has 1 rings (SSSR count). The number of rotatable bonds is 5. The smallest absolute Gasteiger partial charge is 0.331 e. The van der Waals surface area contributed by atoms with Crippen LogP contribution in [-0.2, 0) is 9.53 Å². The van der Waals surface area contributed by atoms with E-state index in [0.29, 0.717) is 0 Å². The third-order valence-electron chi connectivity index (χ3n) is 2.29. The van der Waals surface area contributed by atoms with Crippen molar-refractivity contribution >= 4 is 5.97 Å². The van der Waals surface area contributed by atoms with Crippen molar-refractivity contribution < 1.29 is 9.53 Å². The molecule has 0 aliphatic rings. The number of hydrogen-bond acceptors (Lipinski definition) is 2. The quantitative estimate of drug-likeness (QED) is 0.557. The van der Waals surface area contributed by atoms with E-state index in [2.05, 4.69) is 0 Å². The maximum Gasteiger partial charge on any atom is 0.331 e. The van der Waals surface area contributed by atoms with Crippen molar-refractivity contribution in [1.29, 1.82) is 0 Å². The van der Waals surface area contributed by atoms with Gasteiger partial charge in [-0.05, 0) is 18.4 Å². The van der Waals surface area contributed by atoms with Crippen molar-refractivity contribution in [2.45, 2.75) is 32.8 Å². The first-order valence-electron chi connectivity index (χ1n) is 5.70. The molecule has 0 aliphatic carbocycles. The highest BCUT2D eigenvalue weighted by Crippen LogP contribution is 2.20. The van der Waals surface area contributed by atoms with E-state index >= 15 is 0 Å². The van der Waals surface area contributed by atoms with E-state index < -0.39 is 0 Å². The fourth-order valence-electron chi connectivity index (χ4n) is 1.45. The Bertz CT molecular complexity index is 341. The van der Waals surface area contributed by atoms with Gasteiger partial charge in [0, 0.05) is 6.08 Å². The molecule has 0 aromatic heterocycles. The molecule has 0 N–H and O–H groups in total. The summed E-state index contributed by atoms with van der Waals surface area (Å²) in [5, 5.41) is 0. The Morgan fingerprint density at radius 3 is 2.56 bits per heavy atom. The van der Waals surface area contributed by atoms with Crippen LogP contribution in [0.15, 0.2) is 42.5 Å². The predicted molar refractivity (Wildman–Crippen MR) is 65.0 cm³/mol. The molecule has 0 aliphatic heterocycles. The first kappa shape index (κ1) is 12.5. The maximum absolute atomic E-state index is 11.4. The van der Waals surface area contributed by atoms with Crippen LogP contribution in [0.25, 0.3) is 0 Å². The largest absolute Gasteiger partial charge is 0.454 e. The second-order valence-electron chi connectivity index (χ2n) is 3.56. The van der Waals surface area contributed by atoms with Gasteiger partial charge in [0.25, 0.3) is 0 Å². The van der Waals surface area contributed by atoms with Crippen molar-refractivity contribution in [1.82, 2.24) is 0 Å². The zero-order chi connectivity index (χ0) is 11.8. The molecule has 0 fully saturated rings. The van der Waals surface area contributed by atoms with Crippen molar-refractivity contribution in [3.05, 3.63) is 48.0 Å². The van der Waals surface area contributed by atoms with E-state index in [9.17, 15) is 4.79 Å². The zero-order valence-corrected chi connectivity index (χ0v) is 9.85. The van der Waals surface area contributed by atoms with Gasteiger partial charge in [-0.25, -0.2) is 4.79 Å². The minimum atomic E-state index is -0.266. The molecule has 16 heavy (non-hydrogen) atoms. The zero-order valence-electron chi connectivity index (χ0n) is 9.85. The molecule has 0 bridgehead atoms. The van der Waals surface area contributed by atoms with Crippen molar-refractivity contribution in [3.63, 3.8) is 0 Å². The summed E-state index contributed by atoms with van der Waals surface area (Å²) in [6, 6.07) is 9.81. The SMILES string of the molecule is CC/C=C/C(=O)OC(CC)c1ccccc1. The lowest BCUT2D eigenvalue weighted by Gasteiger charge is -2.15. The third kappa shape index (κ3) is 3.89. The summed E-state index contributed by atoms with van der Waals surface area (Å²) >= 11 is 0. The number of ether oxygens (including phenoxy) is 1. The Morgan fingerprint density at radius 2 is 2.00 bits per heavy atom. The molecule has 1 aromatic carbocycles. The van der Waals surface area contributed by atoms with Crippen LogP contribution in [0.3, 0.4) is 0 Å². The first-order valence-corrected chi connectivity index (χ1v) is 5.70. The molecule has 0 radical (unpaired) electrons. The normalized spacial score (nSPS) is 12.6. The van der Waals surface area contributed by atoms with Crippen LogP contribution in [0, 0.1) is 0 Å². The molecule has 86 valence electrons. The van der Waals surface area contributed by atoms with Gasteiger partial charge in [0.1, 0.15) is 6.10 Å². The highest BCUT2D eigenvalue weighted by Gasteiger charge is 2.12. The molecule has 0 saturated heterocycles. The van der Waals surface area contributed by atoms with Crippen LogP contribution in [0.1, 0.15) is 38.4 Å². The molecular formula is C14H18O2. The lowest BCUT2D eigenvalue weighted by Crippen LogP contribution is -2.08. The van der Waals surface area contributed by atoms with Crippen LogP contribution < -0.4 is 0 Å². The van der Waals surface area contributed by atoms with Gasteiger partial charge in [0.2, 0.25) is 0 Å². The van der Waals surface area contributed by atoms with Gasteiger partial charge in [-0.2, -0.15) is 0 Å². The van der Waals surface area contributed by atoms with Gasteiger partial charge in [-0.15, -0.1) is 0 Å². The molecule has 0 saturated carbocycles. The fourth-order valence-corrected chi connectivity index (χ4v) is 1.45. The van der Waals surface area contributed by atoms with Gasteiger partial charge in [0.15, 0.2) is 0 Å². The lowest BCUT2D eigenvalue weighted by atomic mass is 10.1. The highest BCUT2D eigenvalue weighted by molar-refractivity contribution is 5.82. The van der Waals surface area contributed by atoms with Gasteiger partial charge in [0.05, 0.1) is 0 Å². The van der Waals surface area contributed by atoms with Crippen molar-refractivity contribution in [2.75, 3.05) is 0 Å². The van der Waals surface area contributed by atoms with Gasteiger partial charge in [-0.3, -0.25) is 0 Å². The van der Waals surface area contributed by atoms with Crippen LogP contribution in [0.2, 0.25) is 0 Å². The van der Waals surface area contributed by atoms with E-state index in [4.69, 9.17) is 4.74 Å². The molecule has 2 nitrogen and oxygen atoms in total. The maximum atomic E-state index is 11.4. The molecule has 0 amide bonds. The van der Waals surface area contributed by atoms with E-state index in [1.165, 1.54) is 6.08 Å². The minimum absolute atomic E-state index is 0.143. The second kappa shape index (κ2) is 6.83. The average molecular weight is 218 g/mol.